The Bertz CT molecular complexity index is 1560. The Hall–Kier alpha value is -4.29. The number of carbonyl (C=O) groups is 5. The summed E-state index contributed by atoms with van der Waals surface area (Å²) >= 11 is 0. The molecule has 2 aromatic rings. The Morgan fingerprint density at radius 3 is 2.43 bits per heavy atom. The molecule has 4 fully saturated rings. The number of ketones is 1. The summed E-state index contributed by atoms with van der Waals surface area (Å²) in [6, 6.07) is 1.73. The molecule has 248 valence electrons. The molecule has 0 aromatic carbocycles. The highest BCUT2D eigenvalue weighted by Gasteiger charge is 2.57. The number of nitrogens with one attached hydrogen (secondary N) is 4. The van der Waals surface area contributed by atoms with Crippen molar-refractivity contribution in [2.75, 3.05) is 11.9 Å². The fourth-order valence-electron chi connectivity index (χ4n) is 8.49. The Morgan fingerprint density at radius 1 is 1.09 bits per heavy atom. The molecule has 6 rings (SSSR count). The second-order valence-electron chi connectivity index (χ2n) is 13.6. The monoisotopic (exact) mass is 635 g/mol. The van der Waals surface area contributed by atoms with Crippen molar-refractivity contribution in [3.8, 4) is 0 Å². The molecule has 2 aromatic heterocycles. The smallest absolute Gasteiger partial charge is 0.287 e. The molecule has 0 radical (unpaired) electrons. The third-order valence-corrected chi connectivity index (χ3v) is 10.1. The zero-order chi connectivity index (χ0) is 33.2. The minimum Gasteiger partial charge on any atom is -0.350 e. The summed E-state index contributed by atoms with van der Waals surface area (Å²) in [4.78, 5) is 81.8. The van der Waals surface area contributed by atoms with Gasteiger partial charge in [0.15, 0.2) is 0 Å². The van der Waals surface area contributed by atoms with Crippen LogP contribution in [0.3, 0.4) is 0 Å². The van der Waals surface area contributed by atoms with E-state index >= 15 is 0 Å². The number of hydrogen-bond donors (Lipinski definition) is 4. The normalized spacial score (nSPS) is 25.0. The van der Waals surface area contributed by atoms with Gasteiger partial charge in [0.25, 0.3) is 17.4 Å². The molecule has 0 spiro atoms. The van der Waals surface area contributed by atoms with Gasteiger partial charge in [-0.25, -0.2) is 4.98 Å². The van der Waals surface area contributed by atoms with E-state index in [0.717, 1.165) is 25.7 Å². The number of Topliss-reactive ketones (excluding diaryl/α,β-unsaturated/α-hetero) is 1. The van der Waals surface area contributed by atoms with Crippen molar-refractivity contribution in [3.63, 3.8) is 0 Å². The third kappa shape index (κ3) is 6.92. The van der Waals surface area contributed by atoms with Gasteiger partial charge in [0.1, 0.15) is 24.0 Å². The Balaban J connectivity index is 1.28. The van der Waals surface area contributed by atoms with Crippen LogP contribution >= 0.6 is 0 Å². The molecule has 2 heterocycles. The molecule has 4 amide bonds. The van der Waals surface area contributed by atoms with Crippen molar-refractivity contribution in [1.29, 1.82) is 0 Å². The van der Waals surface area contributed by atoms with E-state index in [1.165, 1.54) is 47.0 Å². The zero-order valence-corrected chi connectivity index (χ0v) is 27.1. The van der Waals surface area contributed by atoms with Crippen molar-refractivity contribution in [3.05, 3.63) is 46.4 Å². The first-order valence-electron chi connectivity index (χ1n) is 16.3. The minimum atomic E-state index is -1.25. The van der Waals surface area contributed by atoms with Crippen molar-refractivity contribution in [2.24, 2.45) is 24.3 Å². The second kappa shape index (κ2) is 13.2. The van der Waals surface area contributed by atoms with Crippen LogP contribution in [0.1, 0.15) is 87.8 Å². The molecule has 4 saturated carbocycles. The largest absolute Gasteiger partial charge is 0.350 e. The maximum Gasteiger partial charge on any atom is 0.287 e. The van der Waals surface area contributed by atoms with E-state index in [1.54, 1.807) is 27.0 Å². The molecule has 0 saturated heterocycles. The highest BCUT2D eigenvalue weighted by Crippen LogP contribution is 2.62. The SMILES string of the molecule is CCNC(=O)C(=O)CC[C@H](NC(=O)c1c(C)ncn1C)C(=O)Nc1cccn(CC(=O)NC23CC4CC(CC(CC)(C4)C2)C3)c1=O. The van der Waals surface area contributed by atoms with Crippen molar-refractivity contribution in [2.45, 2.75) is 96.7 Å². The standard InChI is InChI=1S/C33H45N7O6/c1-5-32-13-21-12-22(14-32)16-33(15-21,18-32)38-26(42)17-40-11-7-8-24(31(40)46)37-28(43)23(9-10-25(41)29(44)34-6-2)36-30(45)27-20(3)35-19-39(27)4/h7-8,11,19,21-23H,5-6,9-10,12-18H2,1-4H3,(H,34,44)(H,36,45)(H,37,43)(H,38,42)/t21?,22?,23-,32?,33?/m0/s1. The van der Waals surface area contributed by atoms with Gasteiger partial charge in [-0.2, -0.15) is 0 Å². The van der Waals surface area contributed by atoms with E-state index in [9.17, 15) is 28.8 Å². The van der Waals surface area contributed by atoms with E-state index in [4.69, 9.17) is 0 Å². The lowest BCUT2D eigenvalue weighted by atomic mass is 9.46. The Kier molecular flexibility index (Phi) is 9.50. The molecular formula is C33H45N7O6. The first-order valence-corrected chi connectivity index (χ1v) is 16.3. The van der Waals surface area contributed by atoms with Gasteiger partial charge in [-0.3, -0.25) is 28.8 Å². The predicted molar refractivity (Wildman–Crippen MR) is 170 cm³/mol. The van der Waals surface area contributed by atoms with Crippen LogP contribution in [0.2, 0.25) is 0 Å². The first kappa shape index (κ1) is 33.1. The van der Waals surface area contributed by atoms with E-state index in [-0.39, 0.29) is 48.8 Å². The van der Waals surface area contributed by atoms with Crippen molar-refractivity contribution < 1.29 is 24.0 Å². The molecule has 4 aliphatic carbocycles. The number of nitrogens with zero attached hydrogens (tertiary/aromatic N) is 3. The Labute approximate surface area is 268 Å². The van der Waals surface area contributed by atoms with E-state index < -0.39 is 35.1 Å². The van der Waals surface area contributed by atoms with Crippen molar-refractivity contribution in [1.82, 2.24) is 30.1 Å². The quantitative estimate of drug-likeness (QED) is 0.244. The van der Waals surface area contributed by atoms with Gasteiger partial charge >= 0.3 is 0 Å². The van der Waals surface area contributed by atoms with E-state index in [1.807, 2.05) is 0 Å². The van der Waals surface area contributed by atoms with Crippen LogP contribution < -0.4 is 26.8 Å². The fourth-order valence-corrected chi connectivity index (χ4v) is 8.49. The number of anilines is 1. The minimum absolute atomic E-state index is 0.0777. The average molecular weight is 636 g/mol. The zero-order valence-electron chi connectivity index (χ0n) is 27.1. The van der Waals surface area contributed by atoms with Gasteiger partial charge < -0.3 is 30.4 Å². The summed E-state index contributed by atoms with van der Waals surface area (Å²) in [7, 11) is 1.64. The number of hydrogen-bond acceptors (Lipinski definition) is 7. The lowest BCUT2D eigenvalue weighted by Gasteiger charge is -2.62. The maximum atomic E-state index is 13.5. The van der Waals surface area contributed by atoms with Gasteiger partial charge in [-0.15, -0.1) is 0 Å². The van der Waals surface area contributed by atoms with E-state index in [0.29, 0.717) is 22.9 Å². The van der Waals surface area contributed by atoms with Gasteiger partial charge in [-0.05, 0) is 88.2 Å². The van der Waals surface area contributed by atoms with Crippen LogP contribution in [-0.2, 0) is 32.8 Å². The number of carbonyl (C=O) groups excluding carboxylic acids is 5. The number of aromatic nitrogens is 3. The molecular weight excluding hydrogens is 590 g/mol. The van der Waals surface area contributed by atoms with E-state index in [2.05, 4.69) is 33.2 Å². The summed E-state index contributed by atoms with van der Waals surface area (Å²) in [6.07, 6.45) is 10.2. The second-order valence-corrected chi connectivity index (χ2v) is 13.6. The van der Waals surface area contributed by atoms with Gasteiger partial charge in [-0.1, -0.05) is 13.3 Å². The number of rotatable bonds is 13. The summed E-state index contributed by atoms with van der Waals surface area (Å²) in [5.41, 5.74) is 0.0866. The molecule has 4 bridgehead atoms. The topological polar surface area (TPSA) is 173 Å². The highest BCUT2D eigenvalue weighted by atomic mass is 16.2. The molecule has 4 aliphatic rings. The van der Waals surface area contributed by atoms with Crippen LogP contribution in [0.5, 0.6) is 0 Å². The molecule has 13 heteroatoms. The first-order chi connectivity index (χ1) is 21.9. The number of amides is 4. The Morgan fingerprint density at radius 2 is 1.80 bits per heavy atom. The highest BCUT2D eigenvalue weighted by molar-refractivity contribution is 6.36. The summed E-state index contributed by atoms with van der Waals surface area (Å²) in [6.45, 7) is 5.65. The summed E-state index contributed by atoms with van der Waals surface area (Å²) in [5, 5.41) is 10.9. The van der Waals surface area contributed by atoms with Crippen molar-refractivity contribution >= 4 is 35.1 Å². The average Bonchev–Trinajstić information content (AvgIpc) is 3.33. The molecule has 2 unspecified atom stereocenters. The predicted octanol–water partition coefficient (Wildman–Crippen LogP) is 1.98. The van der Waals surface area contributed by atoms with Crippen LogP contribution in [0, 0.1) is 24.2 Å². The van der Waals surface area contributed by atoms with Crippen LogP contribution in [0.4, 0.5) is 5.69 Å². The number of aryl methyl sites for hydroxylation is 2. The van der Waals surface area contributed by atoms with Gasteiger partial charge in [0.05, 0.1) is 12.0 Å². The molecule has 3 atom stereocenters. The fraction of sp³-hybridized carbons (Fsp3) is 0.606. The number of pyridine rings is 1. The maximum absolute atomic E-state index is 13.5. The third-order valence-electron chi connectivity index (χ3n) is 10.1. The molecule has 4 N–H and O–H groups in total. The molecule has 13 nitrogen and oxygen atoms in total. The van der Waals surface area contributed by atoms with Crippen LogP contribution in [0.15, 0.2) is 29.5 Å². The summed E-state index contributed by atoms with van der Waals surface area (Å²) in [5.74, 6) is -1.82. The summed E-state index contributed by atoms with van der Waals surface area (Å²) < 4.78 is 2.76. The van der Waals surface area contributed by atoms with Gasteiger partial charge in [0, 0.05) is 31.7 Å². The van der Waals surface area contributed by atoms with Gasteiger partial charge in [0.2, 0.25) is 17.6 Å². The number of imidazole rings is 1. The number of likely N-dealkylation sites (N-methyl/N-ethyl adjacent to an activating group) is 1. The molecule has 0 aliphatic heterocycles. The lowest BCUT2D eigenvalue weighted by molar-refractivity contribution is -0.138. The molecule has 46 heavy (non-hydrogen) atoms. The lowest BCUT2D eigenvalue weighted by Crippen LogP contribution is -2.63. The van der Waals surface area contributed by atoms with Crippen LogP contribution in [-0.4, -0.2) is 61.7 Å². The van der Waals surface area contributed by atoms with Crippen LogP contribution in [0.25, 0.3) is 0 Å².